The quantitative estimate of drug-likeness (QED) is 0.603. The number of benzene rings is 1. The first-order valence-electron chi connectivity index (χ1n) is 5.64. The van der Waals surface area contributed by atoms with Crippen molar-refractivity contribution in [3.05, 3.63) is 29.8 Å². The van der Waals surface area contributed by atoms with Crippen molar-refractivity contribution in [2.45, 2.75) is 18.6 Å². The van der Waals surface area contributed by atoms with Gasteiger partial charge in [0, 0.05) is 24.6 Å². The van der Waals surface area contributed by atoms with Gasteiger partial charge < -0.3 is 4.90 Å². The smallest absolute Gasteiger partial charge is 0.213 e. The Morgan fingerprint density at radius 2 is 1.68 bits per heavy atom. The molecule has 0 aliphatic heterocycles. The van der Waals surface area contributed by atoms with Gasteiger partial charge in [-0.05, 0) is 38.1 Å². The van der Waals surface area contributed by atoms with Gasteiger partial charge >= 0.3 is 0 Å². The Labute approximate surface area is 113 Å². The maximum atomic E-state index is 12.2. The number of ketones is 1. The Bertz CT molecular complexity index is 588. The predicted octanol–water partition coefficient (Wildman–Crippen LogP) is 1.29. The van der Waals surface area contributed by atoms with Crippen LogP contribution >= 0.6 is 0 Å². The Hall–Kier alpha value is -1.69. The van der Waals surface area contributed by atoms with Crippen LogP contribution in [-0.4, -0.2) is 38.7 Å². The van der Waals surface area contributed by atoms with Crippen molar-refractivity contribution in [1.29, 1.82) is 0 Å². The van der Waals surface area contributed by atoms with Crippen LogP contribution in [0.1, 0.15) is 24.2 Å². The summed E-state index contributed by atoms with van der Waals surface area (Å²) in [5.41, 5.74) is 0.933. The van der Waals surface area contributed by atoms with Crippen LogP contribution in [0.15, 0.2) is 24.3 Å². The van der Waals surface area contributed by atoms with Gasteiger partial charge in [0.15, 0.2) is 15.6 Å². The van der Waals surface area contributed by atoms with Crippen LogP contribution in [0.25, 0.3) is 0 Å². The highest BCUT2D eigenvalue weighted by Crippen LogP contribution is 2.23. The largest absolute Gasteiger partial charge is 0.318 e. The Morgan fingerprint density at radius 3 is 2.05 bits per heavy atom. The third-order valence-electron chi connectivity index (χ3n) is 3.17. The molecule has 19 heavy (non-hydrogen) atoms. The normalized spacial score (nSPS) is 12.0. The first-order valence-corrected chi connectivity index (χ1v) is 7.53. The molecule has 0 saturated carbocycles. The lowest BCUT2D eigenvalue weighted by atomic mass is 10.00. The lowest BCUT2D eigenvalue weighted by Crippen LogP contribution is -2.39. The number of Topliss-reactive ketones (excluding diaryl/α,β-unsaturated/α-hetero) is 1. The second kappa shape index (κ2) is 5.13. The number of carbonyl (C=O) groups excluding carboxylic acids is 2. The summed E-state index contributed by atoms with van der Waals surface area (Å²) in [5, 5.41) is 0. The lowest BCUT2D eigenvalue weighted by molar-refractivity contribution is -0.107. The maximum absolute atomic E-state index is 12.2. The highest BCUT2D eigenvalue weighted by atomic mass is 32.2. The molecule has 5 nitrogen and oxygen atoms in total. The molecule has 0 spiro atoms. The molecular weight excluding hydrogens is 266 g/mol. The standard InChI is InChI=1S/C13H17NO4S/c1-13(2,19(4,17)18)12(16)10-5-7-11(8-6-10)14(3)9-15/h5-9H,1-4H3. The summed E-state index contributed by atoms with van der Waals surface area (Å²) in [4.78, 5) is 24.2. The molecule has 0 saturated heterocycles. The molecule has 0 N–H and O–H groups in total. The zero-order valence-corrected chi connectivity index (χ0v) is 12.2. The fourth-order valence-electron chi connectivity index (χ4n) is 1.42. The van der Waals surface area contributed by atoms with E-state index < -0.39 is 20.4 Å². The minimum atomic E-state index is -3.50. The number of nitrogens with zero attached hydrogens (tertiary/aromatic N) is 1. The molecule has 0 aliphatic rings. The van der Waals surface area contributed by atoms with E-state index in [1.807, 2.05) is 0 Å². The first-order chi connectivity index (χ1) is 8.61. The fraction of sp³-hybridized carbons (Fsp3) is 0.385. The molecule has 0 heterocycles. The van der Waals surface area contributed by atoms with Crippen molar-refractivity contribution in [3.8, 4) is 0 Å². The molecule has 1 rings (SSSR count). The summed E-state index contributed by atoms with van der Waals surface area (Å²) in [6.07, 6.45) is 1.69. The van der Waals surface area contributed by atoms with E-state index in [4.69, 9.17) is 0 Å². The first kappa shape index (κ1) is 15.4. The number of hydrogen-bond donors (Lipinski definition) is 0. The van der Waals surface area contributed by atoms with Crippen molar-refractivity contribution in [1.82, 2.24) is 0 Å². The maximum Gasteiger partial charge on any atom is 0.213 e. The molecule has 0 fully saturated rings. The Kier molecular flexibility index (Phi) is 4.15. The van der Waals surface area contributed by atoms with Gasteiger partial charge in [0.05, 0.1) is 0 Å². The van der Waals surface area contributed by atoms with E-state index in [9.17, 15) is 18.0 Å². The number of amides is 1. The minimum absolute atomic E-state index is 0.304. The zero-order valence-electron chi connectivity index (χ0n) is 11.4. The molecule has 104 valence electrons. The molecule has 0 atom stereocenters. The summed E-state index contributed by atoms with van der Waals surface area (Å²) in [7, 11) is -1.91. The van der Waals surface area contributed by atoms with Crippen LogP contribution in [0.3, 0.4) is 0 Å². The number of anilines is 1. The third-order valence-corrected chi connectivity index (χ3v) is 5.21. The summed E-state index contributed by atoms with van der Waals surface area (Å²) < 4.78 is 21.8. The summed E-state index contributed by atoms with van der Waals surface area (Å²) in [6, 6.07) is 6.23. The van der Waals surface area contributed by atoms with Crippen molar-refractivity contribution >= 4 is 27.7 Å². The van der Waals surface area contributed by atoms with E-state index >= 15 is 0 Å². The van der Waals surface area contributed by atoms with E-state index in [1.165, 1.54) is 30.9 Å². The van der Waals surface area contributed by atoms with Crippen LogP contribution in [-0.2, 0) is 14.6 Å². The second-order valence-electron chi connectivity index (χ2n) is 4.87. The van der Waals surface area contributed by atoms with E-state index in [1.54, 1.807) is 19.2 Å². The highest BCUT2D eigenvalue weighted by molar-refractivity contribution is 7.92. The summed E-state index contributed by atoms with van der Waals surface area (Å²) in [6.45, 7) is 2.77. The van der Waals surface area contributed by atoms with Gasteiger partial charge in [0.25, 0.3) is 0 Å². The molecule has 0 aromatic heterocycles. The average Bonchev–Trinajstić information content (AvgIpc) is 2.35. The van der Waals surface area contributed by atoms with Gasteiger partial charge in [-0.2, -0.15) is 0 Å². The van der Waals surface area contributed by atoms with E-state index in [-0.39, 0.29) is 0 Å². The number of sulfone groups is 1. The van der Waals surface area contributed by atoms with Crippen LogP contribution < -0.4 is 4.90 Å². The monoisotopic (exact) mass is 283 g/mol. The second-order valence-corrected chi connectivity index (χ2v) is 7.44. The molecule has 1 aromatic rings. The van der Waals surface area contributed by atoms with Crippen molar-refractivity contribution in [2.75, 3.05) is 18.2 Å². The molecule has 6 heteroatoms. The van der Waals surface area contributed by atoms with E-state index in [0.29, 0.717) is 17.7 Å². The molecule has 1 aromatic carbocycles. The molecular formula is C13H17NO4S. The van der Waals surface area contributed by atoms with Gasteiger partial charge in [-0.1, -0.05) is 0 Å². The minimum Gasteiger partial charge on any atom is -0.318 e. The third kappa shape index (κ3) is 3.01. The summed E-state index contributed by atoms with van der Waals surface area (Å²) >= 11 is 0. The van der Waals surface area contributed by atoms with Gasteiger partial charge in [-0.3, -0.25) is 9.59 Å². The van der Waals surface area contributed by atoms with Gasteiger partial charge in [-0.25, -0.2) is 8.42 Å². The molecule has 0 radical (unpaired) electrons. The average molecular weight is 283 g/mol. The van der Waals surface area contributed by atoms with Crippen LogP contribution in [0.5, 0.6) is 0 Å². The van der Waals surface area contributed by atoms with Crippen molar-refractivity contribution in [3.63, 3.8) is 0 Å². The van der Waals surface area contributed by atoms with Crippen LogP contribution in [0, 0.1) is 0 Å². The topological polar surface area (TPSA) is 71.5 Å². The number of hydrogen-bond acceptors (Lipinski definition) is 4. The molecule has 0 bridgehead atoms. The molecule has 0 unspecified atom stereocenters. The van der Waals surface area contributed by atoms with Crippen LogP contribution in [0.4, 0.5) is 5.69 Å². The Balaban J connectivity index is 3.12. The van der Waals surface area contributed by atoms with Gasteiger partial charge in [0.1, 0.15) is 4.75 Å². The molecule has 0 aliphatic carbocycles. The van der Waals surface area contributed by atoms with Gasteiger partial charge in [-0.15, -0.1) is 0 Å². The highest BCUT2D eigenvalue weighted by Gasteiger charge is 2.38. The number of carbonyl (C=O) groups is 2. The zero-order chi connectivity index (χ0) is 14.8. The molecule has 1 amide bonds. The number of rotatable bonds is 5. The lowest BCUT2D eigenvalue weighted by Gasteiger charge is -2.21. The fourth-order valence-corrected chi connectivity index (χ4v) is 1.88. The summed E-state index contributed by atoms with van der Waals surface area (Å²) in [5.74, 6) is -0.463. The SMILES string of the molecule is CN(C=O)c1ccc(C(=O)C(C)(C)S(C)(=O)=O)cc1. The van der Waals surface area contributed by atoms with E-state index in [0.717, 1.165) is 6.26 Å². The van der Waals surface area contributed by atoms with Crippen molar-refractivity contribution in [2.24, 2.45) is 0 Å². The van der Waals surface area contributed by atoms with Gasteiger partial charge in [0.2, 0.25) is 6.41 Å². The van der Waals surface area contributed by atoms with Crippen LogP contribution in [0.2, 0.25) is 0 Å². The Morgan fingerprint density at radius 1 is 1.21 bits per heavy atom. The van der Waals surface area contributed by atoms with E-state index in [2.05, 4.69) is 0 Å². The van der Waals surface area contributed by atoms with Crippen molar-refractivity contribution < 1.29 is 18.0 Å². The predicted molar refractivity (Wildman–Crippen MR) is 74.2 cm³/mol.